The van der Waals surface area contributed by atoms with E-state index in [2.05, 4.69) is 4.90 Å². The van der Waals surface area contributed by atoms with Gasteiger partial charge in [0.15, 0.2) is 9.84 Å². The third kappa shape index (κ3) is 3.27. The van der Waals surface area contributed by atoms with Gasteiger partial charge in [0.2, 0.25) is 0 Å². The van der Waals surface area contributed by atoms with E-state index in [1.807, 2.05) is 19.1 Å². The number of rotatable bonds is 4. The number of ether oxygens (including phenoxy) is 1. The van der Waals surface area contributed by atoms with Gasteiger partial charge in [0, 0.05) is 13.1 Å². The molecule has 0 spiro atoms. The molecule has 0 aromatic heterocycles. The van der Waals surface area contributed by atoms with Crippen molar-refractivity contribution in [1.29, 1.82) is 0 Å². The molecular weight excluding hydrogens is 302 g/mol. The Labute approximate surface area is 132 Å². The van der Waals surface area contributed by atoms with Crippen molar-refractivity contribution >= 4 is 21.5 Å². The minimum atomic E-state index is -3.26. The summed E-state index contributed by atoms with van der Waals surface area (Å²) in [5.74, 6) is -0.0885. The lowest BCUT2D eigenvalue weighted by atomic mass is 9.86. The van der Waals surface area contributed by atoms with Gasteiger partial charge in [-0.15, -0.1) is 0 Å². The standard InChI is InChI=1S/C16H23NO4S/c1-4-22(19,20)15-8-6-5-7-14(15)17-10-9-13(12(2)11-17)16(18)21-3/h5-8,12-13H,4,9-11H2,1-3H3/t12-,13+/m0/s1. The zero-order chi connectivity index (χ0) is 16.3. The monoisotopic (exact) mass is 325 g/mol. The number of methoxy groups -OCH3 is 1. The van der Waals surface area contributed by atoms with Crippen LogP contribution in [0.5, 0.6) is 0 Å². The fourth-order valence-electron chi connectivity index (χ4n) is 3.00. The quantitative estimate of drug-likeness (QED) is 0.794. The van der Waals surface area contributed by atoms with Gasteiger partial charge in [-0.05, 0) is 24.5 Å². The molecule has 2 rings (SSSR count). The van der Waals surface area contributed by atoms with Gasteiger partial charge in [-0.2, -0.15) is 0 Å². The lowest BCUT2D eigenvalue weighted by Crippen LogP contribution is -2.43. The minimum Gasteiger partial charge on any atom is -0.469 e. The molecule has 2 atom stereocenters. The molecule has 0 N–H and O–H groups in total. The van der Waals surface area contributed by atoms with E-state index in [9.17, 15) is 13.2 Å². The van der Waals surface area contributed by atoms with Gasteiger partial charge in [0.05, 0.1) is 29.4 Å². The largest absolute Gasteiger partial charge is 0.469 e. The molecule has 0 saturated carbocycles. The van der Waals surface area contributed by atoms with Crippen molar-refractivity contribution in [3.05, 3.63) is 24.3 Å². The van der Waals surface area contributed by atoms with Crippen molar-refractivity contribution in [2.45, 2.75) is 25.2 Å². The summed E-state index contributed by atoms with van der Waals surface area (Å²) in [7, 11) is -1.86. The number of carbonyl (C=O) groups excluding carboxylic acids is 1. The fraction of sp³-hybridized carbons (Fsp3) is 0.562. The number of hydrogen-bond donors (Lipinski definition) is 0. The average Bonchev–Trinajstić information content (AvgIpc) is 2.54. The van der Waals surface area contributed by atoms with Crippen LogP contribution in [0.3, 0.4) is 0 Å². The fourth-order valence-corrected chi connectivity index (χ4v) is 4.12. The molecule has 0 radical (unpaired) electrons. The van der Waals surface area contributed by atoms with E-state index in [0.29, 0.717) is 24.4 Å². The van der Waals surface area contributed by atoms with Crippen molar-refractivity contribution in [3.8, 4) is 0 Å². The molecule has 1 saturated heterocycles. The summed E-state index contributed by atoms with van der Waals surface area (Å²) in [6, 6.07) is 7.09. The molecule has 1 aliphatic heterocycles. The second kappa shape index (κ2) is 6.69. The van der Waals surface area contributed by atoms with Gasteiger partial charge in [0.25, 0.3) is 0 Å². The highest BCUT2D eigenvalue weighted by Crippen LogP contribution is 2.32. The second-order valence-corrected chi connectivity index (χ2v) is 7.96. The van der Waals surface area contributed by atoms with E-state index in [-0.39, 0.29) is 23.6 Å². The van der Waals surface area contributed by atoms with Crippen LogP contribution in [0.4, 0.5) is 5.69 Å². The first-order chi connectivity index (χ1) is 10.4. The first kappa shape index (κ1) is 16.8. The Bertz CT molecular complexity index is 641. The summed E-state index contributed by atoms with van der Waals surface area (Å²) in [4.78, 5) is 14.2. The molecule has 1 aromatic rings. The molecule has 22 heavy (non-hydrogen) atoms. The predicted octanol–water partition coefficient (Wildman–Crippen LogP) is 2.12. The Hall–Kier alpha value is -1.56. The number of esters is 1. The summed E-state index contributed by atoms with van der Waals surface area (Å²) < 4.78 is 29.4. The summed E-state index contributed by atoms with van der Waals surface area (Å²) >= 11 is 0. The maximum Gasteiger partial charge on any atom is 0.309 e. The number of anilines is 1. The molecule has 0 bridgehead atoms. The molecule has 1 aliphatic rings. The molecular formula is C16H23NO4S. The molecule has 5 nitrogen and oxygen atoms in total. The van der Waals surface area contributed by atoms with Gasteiger partial charge in [-0.1, -0.05) is 26.0 Å². The van der Waals surface area contributed by atoms with E-state index >= 15 is 0 Å². The smallest absolute Gasteiger partial charge is 0.309 e. The Morgan fingerprint density at radius 3 is 2.64 bits per heavy atom. The van der Waals surface area contributed by atoms with Gasteiger partial charge in [0.1, 0.15) is 0 Å². The van der Waals surface area contributed by atoms with Crippen molar-refractivity contribution in [1.82, 2.24) is 0 Å². The summed E-state index contributed by atoms with van der Waals surface area (Å²) in [6.07, 6.45) is 0.675. The van der Waals surface area contributed by atoms with Crippen LogP contribution >= 0.6 is 0 Å². The number of hydrogen-bond acceptors (Lipinski definition) is 5. The van der Waals surface area contributed by atoms with Gasteiger partial charge < -0.3 is 9.64 Å². The Balaban J connectivity index is 2.27. The maximum atomic E-state index is 12.3. The van der Waals surface area contributed by atoms with E-state index in [4.69, 9.17) is 4.74 Å². The highest BCUT2D eigenvalue weighted by atomic mass is 32.2. The maximum absolute atomic E-state index is 12.3. The van der Waals surface area contributed by atoms with E-state index < -0.39 is 9.84 Å². The first-order valence-electron chi connectivity index (χ1n) is 7.55. The SMILES string of the molecule is CCS(=O)(=O)c1ccccc1N1CC[C@@H](C(=O)OC)[C@@H](C)C1. The highest BCUT2D eigenvalue weighted by Gasteiger charge is 2.33. The Morgan fingerprint density at radius 1 is 1.36 bits per heavy atom. The van der Waals surface area contributed by atoms with Crippen LogP contribution in [0.25, 0.3) is 0 Å². The number of benzene rings is 1. The number of para-hydroxylation sites is 1. The minimum absolute atomic E-state index is 0.0815. The molecule has 0 amide bonds. The topological polar surface area (TPSA) is 63.7 Å². The van der Waals surface area contributed by atoms with Crippen LogP contribution in [0.15, 0.2) is 29.2 Å². The summed E-state index contributed by atoms with van der Waals surface area (Å²) in [6.45, 7) is 4.96. The molecule has 1 aromatic carbocycles. The number of carbonyl (C=O) groups is 1. The third-order valence-electron chi connectivity index (χ3n) is 4.33. The molecule has 0 unspecified atom stereocenters. The Morgan fingerprint density at radius 2 is 2.05 bits per heavy atom. The van der Waals surface area contributed by atoms with Crippen molar-refractivity contribution in [3.63, 3.8) is 0 Å². The zero-order valence-electron chi connectivity index (χ0n) is 13.3. The van der Waals surface area contributed by atoms with E-state index in [1.165, 1.54) is 7.11 Å². The second-order valence-electron chi connectivity index (χ2n) is 5.71. The molecule has 1 fully saturated rings. The van der Waals surface area contributed by atoms with Crippen molar-refractivity contribution in [2.75, 3.05) is 30.9 Å². The number of piperidine rings is 1. The van der Waals surface area contributed by atoms with Crippen molar-refractivity contribution in [2.24, 2.45) is 11.8 Å². The zero-order valence-corrected chi connectivity index (χ0v) is 14.1. The van der Waals surface area contributed by atoms with Gasteiger partial charge in [-0.3, -0.25) is 4.79 Å². The van der Waals surface area contributed by atoms with E-state index in [1.54, 1.807) is 19.1 Å². The average molecular weight is 325 g/mol. The highest BCUT2D eigenvalue weighted by molar-refractivity contribution is 7.91. The normalized spacial score (nSPS) is 22.4. The molecule has 6 heteroatoms. The molecule has 0 aliphatic carbocycles. The van der Waals surface area contributed by atoms with Crippen LogP contribution < -0.4 is 4.90 Å². The van der Waals surface area contributed by atoms with Crippen LogP contribution in [-0.4, -0.2) is 40.3 Å². The summed E-state index contributed by atoms with van der Waals surface area (Å²) in [5, 5.41) is 0. The number of sulfone groups is 1. The lowest BCUT2D eigenvalue weighted by molar-refractivity contribution is -0.147. The molecule has 122 valence electrons. The predicted molar refractivity (Wildman–Crippen MR) is 85.7 cm³/mol. The molecule has 1 heterocycles. The Kier molecular flexibility index (Phi) is 5.11. The van der Waals surface area contributed by atoms with Crippen LogP contribution in [0.1, 0.15) is 20.3 Å². The van der Waals surface area contributed by atoms with Crippen molar-refractivity contribution < 1.29 is 17.9 Å². The van der Waals surface area contributed by atoms with Crippen LogP contribution in [0.2, 0.25) is 0 Å². The van der Waals surface area contributed by atoms with Gasteiger partial charge >= 0.3 is 5.97 Å². The summed E-state index contributed by atoms with van der Waals surface area (Å²) in [5.41, 5.74) is 0.736. The number of nitrogens with zero attached hydrogens (tertiary/aromatic N) is 1. The van der Waals surface area contributed by atoms with E-state index in [0.717, 1.165) is 5.69 Å². The van der Waals surface area contributed by atoms with Crippen LogP contribution in [0, 0.1) is 11.8 Å². The first-order valence-corrected chi connectivity index (χ1v) is 9.20. The third-order valence-corrected chi connectivity index (χ3v) is 6.11. The van der Waals surface area contributed by atoms with Gasteiger partial charge in [-0.25, -0.2) is 8.42 Å². The van der Waals surface area contributed by atoms with Crippen LogP contribution in [-0.2, 0) is 19.4 Å². The lowest BCUT2D eigenvalue weighted by Gasteiger charge is -2.37.